The van der Waals surface area contributed by atoms with Crippen LogP contribution in [0.4, 0.5) is 5.69 Å². The van der Waals surface area contributed by atoms with Gasteiger partial charge in [0.1, 0.15) is 10.3 Å². The number of amides is 1. The number of hydrogen-bond acceptors (Lipinski definition) is 8. The molecule has 1 amide bonds. The summed E-state index contributed by atoms with van der Waals surface area (Å²) in [5, 5.41) is 0. The number of carbonyl (C=O) groups is 3. The third-order valence-electron chi connectivity index (χ3n) is 6.41. The molecule has 1 atom stereocenters. The van der Waals surface area contributed by atoms with Gasteiger partial charge in [0.2, 0.25) is 0 Å². The van der Waals surface area contributed by atoms with E-state index in [1.807, 2.05) is 24.3 Å². The van der Waals surface area contributed by atoms with Crippen LogP contribution < -0.4 is 24.5 Å². The molecule has 0 saturated heterocycles. The van der Waals surface area contributed by atoms with Crippen molar-refractivity contribution in [1.29, 1.82) is 0 Å². The van der Waals surface area contributed by atoms with Gasteiger partial charge in [-0.1, -0.05) is 47.7 Å². The molecule has 3 heterocycles. The molecule has 10 heteroatoms. The molecule has 0 unspecified atom stereocenters. The SMILES string of the molecule is C=CCN1C(=O)C(=c2sc3n(c2=O)[C@H](c2ccc(OC(C)=O)cc2)C(C(=O)OCC)=C(C)N=3)c2ccccc21. The Morgan fingerprint density at radius 1 is 1.13 bits per heavy atom. The molecule has 5 rings (SSSR count). The average molecular weight is 544 g/mol. The summed E-state index contributed by atoms with van der Waals surface area (Å²) in [4.78, 5) is 58.7. The molecule has 0 bridgehead atoms. The quantitative estimate of drug-likeness (QED) is 0.269. The molecule has 1 aromatic heterocycles. The first-order valence-electron chi connectivity index (χ1n) is 12.3. The molecular formula is C29H25N3O6S. The van der Waals surface area contributed by atoms with E-state index in [0.29, 0.717) is 45.2 Å². The predicted octanol–water partition coefficient (Wildman–Crippen LogP) is 2.63. The summed E-state index contributed by atoms with van der Waals surface area (Å²) in [5.41, 5.74) is 2.41. The number of anilines is 1. The monoisotopic (exact) mass is 543 g/mol. The number of benzene rings is 2. The van der Waals surface area contributed by atoms with E-state index in [1.165, 1.54) is 11.5 Å². The van der Waals surface area contributed by atoms with Crippen LogP contribution in [0.25, 0.3) is 5.57 Å². The van der Waals surface area contributed by atoms with Crippen molar-refractivity contribution < 1.29 is 23.9 Å². The zero-order valence-corrected chi connectivity index (χ0v) is 22.4. The molecule has 0 saturated carbocycles. The Morgan fingerprint density at radius 3 is 2.51 bits per heavy atom. The van der Waals surface area contributed by atoms with Gasteiger partial charge in [-0.25, -0.2) is 9.79 Å². The summed E-state index contributed by atoms with van der Waals surface area (Å²) in [6.45, 7) is 8.89. The number of esters is 2. The molecule has 39 heavy (non-hydrogen) atoms. The number of allylic oxidation sites excluding steroid dienone is 1. The highest BCUT2D eigenvalue weighted by Gasteiger charge is 2.37. The zero-order chi connectivity index (χ0) is 27.8. The lowest BCUT2D eigenvalue weighted by Crippen LogP contribution is -2.41. The van der Waals surface area contributed by atoms with E-state index in [-0.39, 0.29) is 22.6 Å². The average Bonchev–Trinajstić information content (AvgIpc) is 3.36. The molecular weight excluding hydrogens is 518 g/mol. The van der Waals surface area contributed by atoms with E-state index < -0.39 is 23.5 Å². The molecule has 2 aromatic carbocycles. The summed E-state index contributed by atoms with van der Waals surface area (Å²) < 4.78 is 12.1. The van der Waals surface area contributed by atoms with Crippen molar-refractivity contribution in [1.82, 2.24) is 4.57 Å². The van der Waals surface area contributed by atoms with Gasteiger partial charge in [0.15, 0.2) is 4.80 Å². The van der Waals surface area contributed by atoms with Crippen LogP contribution in [0, 0.1) is 0 Å². The molecule has 2 aliphatic heterocycles. The van der Waals surface area contributed by atoms with Gasteiger partial charge < -0.3 is 14.4 Å². The minimum absolute atomic E-state index is 0.146. The molecule has 0 aliphatic carbocycles. The van der Waals surface area contributed by atoms with Gasteiger partial charge in [0.25, 0.3) is 11.5 Å². The zero-order valence-electron chi connectivity index (χ0n) is 21.6. The van der Waals surface area contributed by atoms with Crippen LogP contribution in [-0.4, -0.2) is 35.6 Å². The van der Waals surface area contributed by atoms with Gasteiger partial charge in [0, 0.05) is 19.0 Å². The second kappa shape index (κ2) is 10.3. The fraction of sp³-hybridized carbons (Fsp3) is 0.207. The van der Waals surface area contributed by atoms with E-state index in [2.05, 4.69) is 11.6 Å². The lowest BCUT2D eigenvalue weighted by Gasteiger charge is -2.24. The molecule has 2 aliphatic rings. The predicted molar refractivity (Wildman–Crippen MR) is 146 cm³/mol. The van der Waals surface area contributed by atoms with Crippen LogP contribution in [0.1, 0.15) is 37.9 Å². The lowest BCUT2D eigenvalue weighted by molar-refractivity contribution is -0.139. The number of aromatic nitrogens is 1. The maximum atomic E-state index is 14.1. The van der Waals surface area contributed by atoms with E-state index in [1.54, 1.807) is 49.1 Å². The first kappa shape index (κ1) is 26.1. The number of hydrogen-bond donors (Lipinski definition) is 0. The van der Waals surface area contributed by atoms with Crippen molar-refractivity contribution in [2.75, 3.05) is 18.1 Å². The Bertz CT molecular complexity index is 1750. The summed E-state index contributed by atoms with van der Waals surface area (Å²) >= 11 is 1.11. The molecule has 0 fully saturated rings. The van der Waals surface area contributed by atoms with Crippen molar-refractivity contribution in [3.63, 3.8) is 0 Å². The minimum Gasteiger partial charge on any atom is -0.463 e. The third-order valence-corrected chi connectivity index (χ3v) is 7.47. The fourth-order valence-electron chi connectivity index (χ4n) is 4.85. The summed E-state index contributed by atoms with van der Waals surface area (Å²) in [6, 6.07) is 13.0. The normalized spacial score (nSPS) is 17.4. The number of para-hydroxylation sites is 1. The van der Waals surface area contributed by atoms with Crippen molar-refractivity contribution in [2.45, 2.75) is 26.8 Å². The lowest BCUT2D eigenvalue weighted by atomic mass is 9.96. The van der Waals surface area contributed by atoms with E-state index >= 15 is 0 Å². The van der Waals surface area contributed by atoms with Crippen LogP contribution in [-0.2, 0) is 19.1 Å². The van der Waals surface area contributed by atoms with E-state index in [0.717, 1.165) is 11.3 Å². The minimum atomic E-state index is -0.864. The molecule has 0 radical (unpaired) electrons. The number of nitrogens with zero attached hydrogens (tertiary/aromatic N) is 3. The largest absolute Gasteiger partial charge is 0.463 e. The standard InChI is InChI=1S/C29H25N3O6S/c1-5-15-31-21-10-8-7-9-20(21)23(26(31)34)25-27(35)32-24(18-11-13-19(14-12-18)38-17(4)33)22(28(36)37-6-2)16(3)30-29(32)39-25/h5,7-14,24H,1,6,15H2,2-4H3/t24-/m1/s1. The Hall–Kier alpha value is -4.57. The van der Waals surface area contributed by atoms with Gasteiger partial charge in [-0.3, -0.25) is 19.0 Å². The van der Waals surface area contributed by atoms with Gasteiger partial charge in [-0.15, -0.1) is 6.58 Å². The van der Waals surface area contributed by atoms with Crippen LogP contribution in [0.5, 0.6) is 5.75 Å². The van der Waals surface area contributed by atoms with Gasteiger partial charge in [-0.05, 0) is 37.6 Å². The second-order valence-electron chi connectivity index (χ2n) is 8.88. The highest BCUT2D eigenvalue weighted by molar-refractivity contribution is 7.07. The summed E-state index contributed by atoms with van der Waals surface area (Å²) in [7, 11) is 0. The maximum Gasteiger partial charge on any atom is 0.338 e. The highest BCUT2D eigenvalue weighted by atomic mass is 32.1. The Labute approximate surface area is 227 Å². The van der Waals surface area contributed by atoms with Crippen molar-refractivity contribution in [3.8, 4) is 5.75 Å². The molecule has 198 valence electrons. The Balaban J connectivity index is 1.77. The van der Waals surface area contributed by atoms with E-state index in [9.17, 15) is 19.2 Å². The number of ether oxygens (including phenoxy) is 2. The van der Waals surface area contributed by atoms with Gasteiger partial charge in [-0.2, -0.15) is 0 Å². The maximum absolute atomic E-state index is 14.1. The van der Waals surface area contributed by atoms with Crippen LogP contribution >= 0.6 is 11.3 Å². The third kappa shape index (κ3) is 4.42. The number of fused-ring (bicyclic) bond motifs is 2. The first-order valence-corrected chi connectivity index (χ1v) is 13.1. The van der Waals surface area contributed by atoms with Gasteiger partial charge in [0.05, 0.1) is 35.2 Å². The van der Waals surface area contributed by atoms with Crippen molar-refractivity contribution in [2.24, 2.45) is 4.99 Å². The topological polar surface area (TPSA) is 107 Å². The summed E-state index contributed by atoms with van der Waals surface area (Å²) in [6.07, 6.45) is 1.63. The molecule has 0 N–H and O–H groups in total. The highest BCUT2D eigenvalue weighted by Crippen LogP contribution is 2.35. The van der Waals surface area contributed by atoms with Gasteiger partial charge >= 0.3 is 11.9 Å². The van der Waals surface area contributed by atoms with Crippen LogP contribution in [0.2, 0.25) is 0 Å². The van der Waals surface area contributed by atoms with Crippen LogP contribution in [0.3, 0.4) is 0 Å². The first-order chi connectivity index (χ1) is 18.8. The van der Waals surface area contributed by atoms with Crippen molar-refractivity contribution >= 4 is 40.4 Å². The Kier molecular flexibility index (Phi) is 6.88. The second-order valence-corrected chi connectivity index (χ2v) is 9.86. The molecule has 3 aromatic rings. The van der Waals surface area contributed by atoms with Crippen LogP contribution in [0.15, 0.2) is 82.2 Å². The summed E-state index contributed by atoms with van der Waals surface area (Å²) in [5.74, 6) is -1.03. The Morgan fingerprint density at radius 2 is 1.85 bits per heavy atom. The molecule has 9 nitrogen and oxygen atoms in total. The van der Waals surface area contributed by atoms with E-state index in [4.69, 9.17) is 9.47 Å². The number of carbonyl (C=O) groups excluding carboxylic acids is 3. The van der Waals surface area contributed by atoms with Crippen molar-refractivity contribution in [3.05, 3.63) is 103 Å². The molecule has 0 spiro atoms. The number of thiazole rings is 1. The number of rotatable bonds is 6. The fourth-order valence-corrected chi connectivity index (χ4v) is 5.99. The smallest absolute Gasteiger partial charge is 0.338 e.